The molecule has 0 aliphatic heterocycles. The van der Waals surface area contributed by atoms with Crippen LogP contribution in [0.3, 0.4) is 0 Å². The standard InChI is InChI=1S/C18H24N2O4S2/c1-14-6-5-7-18(12-14)26(23,24)19-10-11-20(25(4,21)22)17-9-8-15(2)16(3)13-17/h5-9,12-13,19H,10-11H2,1-4H3. The topological polar surface area (TPSA) is 83.6 Å². The van der Waals surface area contributed by atoms with Gasteiger partial charge in [-0.3, -0.25) is 4.31 Å². The molecule has 26 heavy (non-hydrogen) atoms. The molecule has 0 unspecified atom stereocenters. The Kier molecular flexibility index (Phi) is 6.10. The van der Waals surface area contributed by atoms with Crippen molar-refractivity contribution in [3.8, 4) is 0 Å². The molecule has 0 amide bonds. The summed E-state index contributed by atoms with van der Waals surface area (Å²) in [7, 11) is -7.23. The number of hydrogen-bond acceptors (Lipinski definition) is 4. The van der Waals surface area contributed by atoms with Crippen molar-refractivity contribution in [1.82, 2.24) is 4.72 Å². The first-order chi connectivity index (χ1) is 12.0. The van der Waals surface area contributed by atoms with E-state index in [2.05, 4.69) is 4.72 Å². The van der Waals surface area contributed by atoms with Crippen LogP contribution >= 0.6 is 0 Å². The number of aryl methyl sites for hydroxylation is 3. The lowest BCUT2D eigenvalue weighted by Crippen LogP contribution is -2.38. The van der Waals surface area contributed by atoms with Gasteiger partial charge in [0.05, 0.1) is 16.8 Å². The number of anilines is 1. The highest BCUT2D eigenvalue weighted by molar-refractivity contribution is 7.92. The zero-order chi connectivity index (χ0) is 19.5. The molecule has 0 aliphatic carbocycles. The summed E-state index contributed by atoms with van der Waals surface area (Å²) in [6.45, 7) is 5.63. The normalized spacial score (nSPS) is 12.2. The van der Waals surface area contributed by atoms with Crippen LogP contribution in [-0.2, 0) is 20.0 Å². The molecule has 2 aromatic rings. The van der Waals surface area contributed by atoms with Crippen LogP contribution in [0.25, 0.3) is 0 Å². The number of benzene rings is 2. The number of nitrogens with one attached hydrogen (secondary N) is 1. The first-order valence-corrected chi connectivity index (χ1v) is 11.5. The molecule has 0 aliphatic rings. The maximum absolute atomic E-state index is 12.4. The average Bonchev–Trinajstić information content (AvgIpc) is 2.53. The zero-order valence-electron chi connectivity index (χ0n) is 15.4. The minimum atomic E-state index is -3.69. The molecule has 0 atom stereocenters. The van der Waals surface area contributed by atoms with Gasteiger partial charge in [0.15, 0.2) is 0 Å². The summed E-state index contributed by atoms with van der Waals surface area (Å²) in [4.78, 5) is 0.162. The van der Waals surface area contributed by atoms with Crippen molar-refractivity contribution in [3.05, 3.63) is 59.2 Å². The van der Waals surface area contributed by atoms with Crippen molar-refractivity contribution >= 4 is 25.7 Å². The summed E-state index contributed by atoms with van der Waals surface area (Å²) in [5.41, 5.74) is 3.38. The van der Waals surface area contributed by atoms with Gasteiger partial charge < -0.3 is 0 Å². The summed E-state index contributed by atoms with van der Waals surface area (Å²) in [6.07, 6.45) is 1.11. The van der Waals surface area contributed by atoms with Crippen LogP contribution in [-0.4, -0.2) is 36.2 Å². The Morgan fingerprint density at radius 2 is 1.62 bits per heavy atom. The Bertz CT molecular complexity index is 1000. The molecule has 0 spiro atoms. The van der Waals surface area contributed by atoms with E-state index in [1.54, 1.807) is 24.3 Å². The lowest BCUT2D eigenvalue weighted by molar-refractivity contribution is 0.578. The molecule has 142 valence electrons. The van der Waals surface area contributed by atoms with Crippen LogP contribution in [0.4, 0.5) is 5.69 Å². The quantitative estimate of drug-likeness (QED) is 0.779. The average molecular weight is 397 g/mol. The third kappa shape index (κ3) is 5.06. The molecule has 2 aromatic carbocycles. The van der Waals surface area contributed by atoms with E-state index in [1.165, 1.54) is 10.4 Å². The smallest absolute Gasteiger partial charge is 0.240 e. The Morgan fingerprint density at radius 1 is 0.923 bits per heavy atom. The summed E-state index contributed by atoms with van der Waals surface area (Å²) in [5, 5.41) is 0. The monoisotopic (exact) mass is 396 g/mol. The molecule has 0 radical (unpaired) electrons. The van der Waals surface area contributed by atoms with Crippen LogP contribution in [0.5, 0.6) is 0 Å². The molecule has 0 saturated heterocycles. The molecule has 0 bridgehead atoms. The van der Waals surface area contributed by atoms with Crippen molar-refractivity contribution in [3.63, 3.8) is 0 Å². The molecular formula is C18H24N2O4S2. The fourth-order valence-corrected chi connectivity index (χ4v) is 4.56. The van der Waals surface area contributed by atoms with E-state index >= 15 is 0 Å². The van der Waals surface area contributed by atoms with Gasteiger partial charge in [-0.25, -0.2) is 21.6 Å². The molecular weight excluding hydrogens is 372 g/mol. The summed E-state index contributed by atoms with van der Waals surface area (Å²) < 4.78 is 52.7. The largest absolute Gasteiger partial charge is 0.269 e. The number of hydrogen-bond donors (Lipinski definition) is 1. The van der Waals surface area contributed by atoms with E-state index in [-0.39, 0.29) is 18.0 Å². The van der Waals surface area contributed by atoms with Gasteiger partial charge in [0.2, 0.25) is 20.0 Å². The fraction of sp³-hybridized carbons (Fsp3) is 0.333. The van der Waals surface area contributed by atoms with E-state index in [0.29, 0.717) is 5.69 Å². The van der Waals surface area contributed by atoms with Crippen LogP contribution in [0, 0.1) is 20.8 Å². The van der Waals surface area contributed by atoms with Crippen molar-refractivity contribution in [1.29, 1.82) is 0 Å². The molecule has 1 N–H and O–H groups in total. The Balaban J connectivity index is 2.17. The Hall–Kier alpha value is -1.90. The SMILES string of the molecule is Cc1cccc(S(=O)(=O)NCCN(c2ccc(C)c(C)c2)S(C)(=O)=O)c1. The van der Waals surface area contributed by atoms with Gasteiger partial charge in [0.25, 0.3) is 0 Å². The van der Waals surface area contributed by atoms with Crippen LogP contribution < -0.4 is 9.03 Å². The highest BCUT2D eigenvalue weighted by Crippen LogP contribution is 2.21. The second kappa shape index (κ2) is 7.77. The first kappa shape index (κ1) is 20.4. The third-order valence-corrected chi connectivity index (χ3v) is 6.74. The maximum Gasteiger partial charge on any atom is 0.240 e. The number of nitrogens with zero attached hydrogens (tertiary/aromatic N) is 1. The molecule has 0 aromatic heterocycles. The second-order valence-corrected chi connectivity index (χ2v) is 9.99. The van der Waals surface area contributed by atoms with Crippen molar-refractivity contribution in [2.75, 3.05) is 23.7 Å². The lowest BCUT2D eigenvalue weighted by atomic mass is 10.1. The van der Waals surface area contributed by atoms with Crippen LogP contribution in [0.15, 0.2) is 47.4 Å². The van der Waals surface area contributed by atoms with Gasteiger partial charge in [0, 0.05) is 13.1 Å². The lowest BCUT2D eigenvalue weighted by Gasteiger charge is -2.23. The van der Waals surface area contributed by atoms with Gasteiger partial charge in [-0.05, 0) is 61.7 Å². The summed E-state index contributed by atoms with van der Waals surface area (Å²) >= 11 is 0. The first-order valence-electron chi connectivity index (χ1n) is 8.12. The molecule has 8 heteroatoms. The van der Waals surface area contributed by atoms with Gasteiger partial charge >= 0.3 is 0 Å². The number of sulfonamides is 2. The minimum absolute atomic E-state index is 0.00633. The van der Waals surface area contributed by atoms with Crippen molar-refractivity contribution in [2.45, 2.75) is 25.7 Å². The van der Waals surface area contributed by atoms with E-state index in [0.717, 1.165) is 22.9 Å². The van der Waals surface area contributed by atoms with Crippen molar-refractivity contribution < 1.29 is 16.8 Å². The fourth-order valence-electron chi connectivity index (χ4n) is 2.51. The predicted octanol–water partition coefficient (Wildman–Crippen LogP) is 2.36. The minimum Gasteiger partial charge on any atom is -0.269 e. The second-order valence-electron chi connectivity index (χ2n) is 6.32. The number of rotatable bonds is 7. The van der Waals surface area contributed by atoms with E-state index < -0.39 is 20.0 Å². The van der Waals surface area contributed by atoms with Crippen molar-refractivity contribution in [2.24, 2.45) is 0 Å². The maximum atomic E-state index is 12.4. The van der Waals surface area contributed by atoms with Gasteiger partial charge in [-0.2, -0.15) is 0 Å². The van der Waals surface area contributed by atoms with E-state index in [4.69, 9.17) is 0 Å². The van der Waals surface area contributed by atoms with Crippen LogP contribution in [0.1, 0.15) is 16.7 Å². The Morgan fingerprint density at radius 3 is 2.19 bits per heavy atom. The predicted molar refractivity (Wildman–Crippen MR) is 104 cm³/mol. The third-order valence-electron chi connectivity index (χ3n) is 4.09. The molecule has 0 saturated carbocycles. The summed E-state index contributed by atoms with van der Waals surface area (Å²) in [5.74, 6) is 0. The van der Waals surface area contributed by atoms with Crippen LogP contribution in [0.2, 0.25) is 0 Å². The van der Waals surface area contributed by atoms with E-state index in [1.807, 2.05) is 32.9 Å². The zero-order valence-corrected chi connectivity index (χ0v) is 17.0. The highest BCUT2D eigenvalue weighted by atomic mass is 32.2. The Labute approximate surface area is 156 Å². The molecule has 0 heterocycles. The summed E-state index contributed by atoms with van der Waals surface area (Å²) in [6, 6.07) is 11.9. The molecule has 2 rings (SSSR count). The van der Waals surface area contributed by atoms with E-state index in [9.17, 15) is 16.8 Å². The highest BCUT2D eigenvalue weighted by Gasteiger charge is 2.20. The molecule has 6 nitrogen and oxygen atoms in total. The molecule has 0 fully saturated rings. The van der Waals surface area contributed by atoms with Gasteiger partial charge in [0.1, 0.15) is 0 Å². The van der Waals surface area contributed by atoms with Gasteiger partial charge in [-0.15, -0.1) is 0 Å². The van der Waals surface area contributed by atoms with Gasteiger partial charge in [-0.1, -0.05) is 18.2 Å².